The summed E-state index contributed by atoms with van der Waals surface area (Å²) in [6.07, 6.45) is 2.77. The molecule has 0 bridgehead atoms. The first-order valence-electron chi connectivity index (χ1n) is 5.65. The van der Waals surface area contributed by atoms with Crippen molar-refractivity contribution in [1.82, 2.24) is 4.90 Å². The number of esters is 1. The summed E-state index contributed by atoms with van der Waals surface area (Å²) in [6, 6.07) is -0.0391. The molecule has 1 saturated heterocycles. The van der Waals surface area contributed by atoms with E-state index in [9.17, 15) is 4.79 Å². The number of hydrogen-bond acceptors (Lipinski definition) is 4. The second-order valence-corrected chi connectivity index (χ2v) is 4.11. The molecule has 1 N–H and O–H groups in total. The van der Waals surface area contributed by atoms with E-state index in [1.165, 1.54) is 7.11 Å². The number of aliphatic hydroxyl groups excluding tert-OH is 1. The van der Waals surface area contributed by atoms with E-state index < -0.39 is 0 Å². The van der Waals surface area contributed by atoms with Crippen molar-refractivity contribution < 1.29 is 14.6 Å². The van der Waals surface area contributed by atoms with Crippen LogP contribution in [-0.2, 0) is 9.53 Å². The second kappa shape index (κ2) is 6.08. The van der Waals surface area contributed by atoms with E-state index in [1.807, 2.05) is 0 Å². The number of methoxy groups -OCH3 is 1. The molecule has 0 amide bonds. The topological polar surface area (TPSA) is 49.8 Å². The van der Waals surface area contributed by atoms with Crippen LogP contribution in [0.5, 0.6) is 0 Å². The van der Waals surface area contributed by atoms with E-state index in [0.29, 0.717) is 5.92 Å². The molecule has 1 fully saturated rings. The first-order chi connectivity index (χ1) is 7.22. The van der Waals surface area contributed by atoms with Gasteiger partial charge in [0.15, 0.2) is 0 Å². The van der Waals surface area contributed by atoms with E-state index in [2.05, 4.69) is 11.8 Å². The molecule has 2 atom stereocenters. The van der Waals surface area contributed by atoms with Gasteiger partial charge in [-0.05, 0) is 18.8 Å². The molecule has 0 aromatic heterocycles. The molecule has 15 heavy (non-hydrogen) atoms. The molecule has 0 saturated carbocycles. The smallest absolute Gasteiger partial charge is 0.323 e. The molecule has 4 heteroatoms. The molecule has 1 rings (SSSR count). The van der Waals surface area contributed by atoms with Crippen LogP contribution in [0.2, 0.25) is 0 Å². The number of carbonyl (C=O) groups is 1. The maximum atomic E-state index is 11.3. The molecule has 4 nitrogen and oxygen atoms in total. The lowest BCUT2D eigenvalue weighted by molar-refractivity contribution is -0.152. The van der Waals surface area contributed by atoms with Gasteiger partial charge in [-0.15, -0.1) is 0 Å². The van der Waals surface area contributed by atoms with Gasteiger partial charge in [-0.2, -0.15) is 0 Å². The van der Waals surface area contributed by atoms with E-state index in [0.717, 1.165) is 32.4 Å². The first kappa shape index (κ1) is 12.5. The van der Waals surface area contributed by atoms with Crippen molar-refractivity contribution in [1.29, 1.82) is 0 Å². The zero-order chi connectivity index (χ0) is 11.3. The van der Waals surface area contributed by atoms with Gasteiger partial charge < -0.3 is 9.84 Å². The van der Waals surface area contributed by atoms with Gasteiger partial charge in [-0.3, -0.25) is 9.69 Å². The van der Waals surface area contributed by atoms with Crippen LogP contribution >= 0.6 is 0 Å². The number of hydrogen-bond donors (Lipinski definition) is 1. The van der Waals surface area contributed by atoms with Crippen LogP contribution in [0, 0.1) is 5.92 Å². The van der Waals surface area contributed by atoms with Crippen LogP contribution in [0.1, 0.15) is 26.2 Å². The predicted octanol–water partition coefficient (Wildman–Crippen LogP) is 0.642. The molecule has 0 spiro atoms. The molecule has 0 aromatic rings. The molecule has 0 radical (unpaired) electrons. The summed E-state index contributed by atoms with van der Waals surface area (Å²) in [6.45, 7) is 4.22. The normalized spacial score (nSPS) is 23.3. The summed E-state index contributed by atoms with van der Waals surface area (Å²) in [5.74, 6) is 0.363. The Hall–Kier alpha value is -0.610. The minimum atomic E-state index is -0.125. The monoisotopic (exact) mass is 215 g/mol. The summed E-state index contributed by atoms with van der Waals surface area (Å²) in [4.78, 5) is 13.5. The van der Waals surface area contributed by atoms with Crippen LogP contribution in [0.15, 0.2) is 0 Å². The van der Waals surface area contributed by atoms with E-state index >= 15 is 0 Å². The Labute approximate surface area is 91.2 Å². The van der Waals surface area contributed by atoms with Crippen LogP contribution in [0.4, 0.5) is 0 Å². The van der Waals surface area contributed by atoms with Gasteiger partial charge in [0.25, 0.3) is 0 Å². The lowest BCUT2D eigenvalue weighted by Gasteiger charge is -2.40. The lowest BCUT2D eigenvalue weighted by atomic mass is 9.96. The fraction of sp³-hybridized carbons (Fsp3) is 0.909. The fourth-order valence-corrected chi connectivity index (χ4v) is 2.00. The minimum absolute atomic E-state index is 0.0391. The molecular formula is C11H21NO3. The Morgan fingerprint density at radius 2 is 2.40 bits per heavy atom. The van der Waals surface area contributed by atoms with Crippen molar-refractivity contribution in [2.75, 3.05) is 26.8 Å². The van der Waals surface area contributed by atoms with Crippen molar-refractivity contribution in [3.8, 4) is 0 Å². The number of rotatable bonds is 6. The van der Waals surface area contributed by atoms with E-state index in [4.69, 9.17) is 9.84 Å². The van der Waals surface area contributed by atoms with Gasteiger partial charge in [0.05, 0.1) is 7.11 Å². The Balaban J connectivity index is 2.34. The standard InChI is InChI=1S/C11H21NO3/c1-3-9(5-7-13)8-12-6-4-10(12)11(14)15-2/h9-10,13H,3-8H2,1-2H3. The molecular weight excluding hydrogens is 194 g/mol. The van der Waals surface area contributed by atoms with Crippen molar-refractivity contribution in [3.05, 3.63) is 0 Å². The number of aliphatic hydroxyl groups is 1. The van der Waals surface area contributed by atoms with Gasteiger partial charge in [0.1, 0.15) is 6.04 Å². The number of ether oxygens (including phenoxy) is 1. The quantitative estimate of drug-likeness (QED) is 0.661. The number of likely N-dealkylation sites (tertiary alicyclic amines) is 1. The van der Waals surface area contributed by atoms with Crippen LogP contribution in [0.25, 0.3) is 0 Å². The summed E-state index contributed by atoms with van der Waals surface area (Å²) in [5.41, 5.74) is 0. The van der Waals surface area contributed by atoms with Crippen molar-refractivity contribution in [2.24, 2.45) is 5.92 Å². The molecule has 88 valence electrons. The Kier molecular flexibility index (Phi) is 5.05. The highest BCUT2D eigenvalue weighted by Gasteiger charge is 2.35. The van der Waals surface area contributed by atoms with Crippen molar-refractivity contribution in [3.63, 3.8) is 0 Å². The third kappa shape index (κ3) is 3.18. The number of nitrogens with zero attached hydrogens (tertiary/aromatic N) is 1. The maximum Gasteiger partial charge on any atom is 0.323 e. The summed E-state index contributed by atoms with van der Waals surface area (Å²) < 4.78 is 4.73. The number of carbonyl (C=O) groups excluding carboxylic acids is 1. The zero-order valence-electron chi connectivity index (χ0n) is 9.61. The third-order valence-corrected chi connectivity index (χ3v) is 3.21. The zero-order valence-corrected chi connectivity index (χ0v) is 9.61. The van der Waals surface area contributed by atoms with Gasteiger partial charge in [0, 0.05) is 19.7 Å². The third-order valence-electron chi connectivity index (χ3n) is 3.21. The van der Waals surface area contributed by atoms with Crippen LogP contribution in [0.3, 0.4) is 0 Å². The van der Waals surface area contributed by atoms with E-state index in [1.54, 1.807) is 0 Å². The highest BCUT2D eigenvalue weighted by molar-refractivity contribution is 5.76. The maximum absolute atomic E-state index is 11.3. The van der Waals surface area contributed by atoms with Crippen molar-refractivity contribution in [2.45, 2.75) is 32.2 Å². The Morgan fingerprint density at radius 3 is 2.80 bits per heavy atom. The first-order valence-corrected chi connectivity index (χ1v) is 5.65. The SMILES string of the molecule is CCC(CCO)CN1CCC1C(=O)OC. The van der Waals surface area contributed by atoms with Gasteiger partial charge >= 0.3 is 5.97 Å². The summed E-state index contributed by atoms with van der Waals surface area (Å²) in [7, 11) is 1.43. The lowest BCUT2D eigenvalue weighted by Crippen LogP contribution is -2.54. The molecule has 2 unspecified atom stereocenters. The largest absolute Gasteiger partial charge is 0.468 e. The van der Waals surface area contributed by atoms with Gasteiger partial charge in [-0.1, -0.05) is 13.3 Å². The highest BCUT2D eigenvalue weighted by atomic mass is 16.5. The second-order valence-electron chi connectivity index (χ2n) is 4.11. The molecule has 0 aromatic carbocycles. The molecule has 1 aliphatic rings. The summed E-state index contributed by atoms with van der Waals surface area (Å²) in [5, 5.41) is 8.88. The van der Waals surface area contributed by atoms with Crippen molar-refractivity contribution >= 4 is 5.97 Å². The Morgan fingerprint density at radius 1 is 1.67 bits per heavy atom. The fourth-order valence-electron chi connectivity index (χ4n) is 2.00. The van der Waals surface area contributed by atoms with Gasteiger partial charge in [0.2, 0.25) is 0 Å². The van der Waals surface area contributed by atoms with Crippen LogP contribution < -0.4 is 0 Å². The highest BCUT2D eigenvalue weighted by Crippen LogP contribution is 2.22. The molecule has 0 aliphatic carbocycles. The summed E-state index contributed by atoms with van der Waals surface area (Å²) >= 11 is 0. The average Bonchev–Trinajstić information content (AvgIpc) is 2.22. The molecule has 1 aliphatic heterocycles. The average molecular weight is 215 g/mol. The van der Waals surface area contributed by atoms with Crippen LogP contribution in [-0.4, -0.2) is 48.8 Å². The minimum Gasteiger partial charge on any atom is -0.468 e. The predicted molar refractivity (Wildman–Crippen MR) is 57.5 cm³/mol. The van der Waals surface area contributed by atoms with E-state index in [-0.39, 0.29) is 18.6 Å². The Bertz CT molecular complexity index is 208. The molecule has 1 heterocycles. The van der Waals surface area contributed by atoms with Gasteiger partial charge in [-0.25, -0.2) is 0 Å².